The summed E-state index contributed by atoms with van der Waals surface area (Å²) in [5.41, 5.74) is 0.560. The van der Waals surface area contributed by atoms with Crippen LogP contribution in [-0.4, -0.2) is 58.0 Å². The Labute approximate surface area is 282 Å². The van der Waals surface area contributed by atoms with Gasteiger partial charge in [-0.2, -0.15) is 13.2 Å². The van der Waals surface area contributed by atoms with Crippen molar-refractivity contribution in [3.05, 3.63) is 113 Å². The molecule has 12 heteroatoms. The zero-order valence-electron chi connectivity index (χ0n) is 27.4. The van der Waals surface area contributed by atoms with E-state index in [2.05, 4.69) is 11.9 Å². The molecular weight excluding hydrogens is 639 g/mol. The second-order valence-corrected chi connectivity index (χ2v) is 12.9. The molecule has 0 spiro atoms. The van der Waals surface area contributed by atoms with Gasteiger partial charge in [0, 0.05) is 13.0 Å². The molecule has 5 rings (SSSR count). The molecule has 0 aromatic heterocycles. The number of likely N-dealkylation sites (tertiary alicyclic amines) is 1. The van der Waals surface area contributed by atoms with Gasteiger partial charge in [-0.25, -0.2) is 4.79 Å². The van der Waals surface area contributed by atoms with Crippen LogP contribution in [0.3, 0.4) is 0 Å². The van der Waals surface area contributed by atoms with E-state index in [-0.39, 0.29) is 31.6 Å². The number of alkyl halides is 3. The van der Waals surface area contributed by atoms with Crippen LogP contribution in [0.2, 0.25) is 0 Å². The van der Waals surface area contributed by atoms with Gasteiger partial charge in [-0.05, 0) is 61.6 Å². The summed E-state index contributed by atoms with van der Waals surface area (Å²) in [6, 6.07) is 17.0. The van der Waals surface area contributed by atoms with Crippen molar-refractivity contribution < 1.29 is 41.8 Å². The van der Waals surface area contributed by atoms with Gasteiger partial charge in [0.05, 0.1) is 17.6 Å². The topological polar surface area (TPSA) is 105 Å². The van der Waals surface area contributed by atoms with Crippen LogP contribution in [0.5, 0.6) is 0 Å². The maximum atomic E-state index is 14.3. The average molecular weight is 678 g/mol. The fourth-order valence-corrected chi connectivity index (χ4v) is 6.28. The highest BCUT2D eigenvalue weighted by molar-refractivity contribution is 5.98. The molecule has 2 fully saturated rings. The van der Waals surface area contributed by atoms with E-state index in [0.29, 0.717) is 11.1 Å². The Morgan fingerprint density at radius 1 is 1.00 bits per heavy atom. The summed E-state index contributed by atoms with van der Waals surface area (Å²) in [6.07, 6.45) is -4.04. The molecule has 3 amide bonds. The number of β-lactam (4-membered cyclic amide) rings is 1. The molecule has 2 heterocycles. The van der Waals surface area contributed by atoms with E-state index in [1.165, 1.54) is 21.9 Å². The Kier molecular flexibility index (Phi) is 10.2. The number of hydrogen-bond acceptors (Lipinski definition) is 6. The molecule has 2 aliphatic heterocycles. The lowest BCUT2D eigenvalue weighted by Gasteiger charge is -2.53. The monoisotopic (exact) mass is 677 g/mol. The van der Waals surface area contributed by atoms with Crippen molar-refractivity contribution in [3.63, 3.8) is 0 Å². The molecule has 49 heavy (non-hydrogen) atoms. The van der Waals surface area contributed by atoms with Crippen molar-refractivity contribution in [2.75, 3.05) is 6.61 Å². The smallest absolute Gasteiger partial charge is 0.416 e. The number of amides is 3. The molecule has 3 aromatic carbocycles. The van der Waals surface area contributed by atoms with Crippen LogP contribution >= 0.6 is 0 Å². The summed E-state index contributed by atoms with van der Waals surface area (Å²) in [4.78, 5) is 57.2. The first kappa shape index (κ1) is 35.2. The summed E-state index contributed by atoms with van der Waals surface area (Å²) in [7, 11) is 0. The number of nitrogens with zero attached hydrogens (tertiary/aromatic N) is 2. The summed E-state index contributed by atoms with van der Waals surface area (Å²) >= 11 is 0. The number of cyclic esters (lactones) is 1. The maximum Gasteiger partial charge on any atom is 0.416 e. The Hall–Kier alpha value is -5.13. The molecule has 0 radical (unpaired) electrons. The average Bonchev–Trinajstić information content (AvgIpc) is 3.43. The largest absolute Gasteiger partial charge is 0.460 e. The first-order valence-electron chi connectivity index (χ1n) is 15.9. The lowest BCUT2D eigenvalue weighted by atomic mass is 9.81. The van der Waals surface area contributed by atoms with Crippen molar-refractivity contribution in [2.24, 2.45) is 0 Å². The third-order valence-electron chi connectivity index (χ3n) is 8.44. The molecule has 0 bridgehead atoms. The van der Waals surface area contributed by atoms with Gasteiger partial charge in [-0.15, -0.1) is 0 Å². The molecule has 258 valence electrons. The first-order chi connectivity index (χ1) is 23.2. The third-order valence-corrected chi connectivity index (χ3v) is 8.44. The van der Waals surface area contributed by atoms with Crippen LogP contribution < -0.4 is 5.32 Å². The second kappa shape index (κ2) is 14.2. The number of halogens is 3. The number of rotatable bonds is 11. The SMILES string of the molecule is C=Cc1ccccc1[C@@H]1[C@H](N2C(=O)OC[C@@H]2c2ccccc2)C(=O)N1C(CCC(=O)OC(C)(C)C)C(=O)NCc1cccc(C(F)(F)F)c1. The predicted octanol–water partition coefficient (Wildman–Crippen LogP) is 6.60. The fourth-order valence-electron chi connectivity index (χ4n) is 6.28. The molecule has 3 aromatic rings. The number of ether oxygens (including phenoxy) is 2. The van der Waals surface area contributed by atoms with Gasteiger partial charge < -0.3 is 19.7 Å². The Balaban J connectivity index is 1.51. The molecule has 9 nitrogen and oxygen atoms in total. The number of carbonyl (C=O) groups is 4. The molecule has 1 unspecified atom stereocenters. The Morgan fingerprint density at radius 2 is 1.69 bits per heavy atom. The summed E-state index contributed by atoms with van der Waals surface area (Å²) in [6.45, 7) is 8.77. The van der Waals surface area contributed by atoms with Crippen molar-refractivity contribution in [2.45, 2.75) is 76.1 Å². The van der Waals surface area contributed by atoms with Crippen molar-refractivity contribution in [1.82, 2.24) is 15.1 Å². The molecule has 0 aliphatic carbocycles. The van der Waals surface area contributed by atoms with E-state index >= 15 is 0 Å². The Bertz CT molecular complexity index is 1720. The molecule has 2 saturated heterocycles. The highest BCUT2D eigenvalue weighted by atomic mass is 19.4. The summed E-state index contributed by atoms with van der Waals surface area (Å²) in [5.74, 6) is -1.83. The Morgan fingerprint density at radius 3 is 2.37 bits per heavy atom. The van der Waals surface area contributed by atoms with Gasteiger partial charge in [-0.1, -0.05) is 79.4 Å². The van der Waals surface area contributed by atoms with Gasteiger partial charge in [0.15, 0.2) is 0 Å². The zero-order valence-corrected chi connectivity index (χ0v) is 27.4. The quantitative estimate of drug-likeness (QED) is 0.181. The highest BCUT2D eigenvalue weighted by Gasteiger charge is 2.59. The third kappa shape index (κ3) is 7.79. The number of benzene rings is 3. The van der Waals surface area contributed by atoms with Crippen molar-refractivity contribution in [3.8, 4) is 0 Å². The van der Waals surface area contributed by atoms with Gasteiger partial charge >= 0.3 is 18.2 Å². The van der Waals surface area contributed by atoms with Crippen LogP contribution in [0.25, 0.3) is 6.08 Å². The van der Waals surface area contributed by atoms with E-state index in [0.717, 1.165) is 17.7 Å². The van der Waals surface area contributed by atoms with Crippen molar-refractivity contribution in [1.29, 1.82) is 0 Å². The van der Waals surface area contributed by atoms with Gasteiger partial charge in [-0.3, -0.25) is 19.3 Å². The lowest BCUT2D eigenvalue weighted by molar-refractivity contribution is -0.169. The van der Waals surface area contributed by atoms with Gasteiger partial charge in [0.1, 0.15) is 24.3 Å². The first-order valence-corrected chi connectivity index (χ1v) is 15.9. The summed E-state index contributed by atoms with van der Waals surface area (Å²) in [5, 5.41) is 2.67. The van der Waals surface area contributed by atoms with E-state index in [4.69, 9.17) is 9.47 Å². The van der Waals surface area contributed by atoms with Crippen molar-refractivity contribution >= 4 is 30.0 Å². The fraction of sp³-hybridized carbons (Fsp3) is 0.351. The van der Waals surface area contributed by atoms with E-state index in [1.807, 2.05) is 30.3 Å². The number of hydrogen-bond donors (Lipinski definition) is 1. The molecule has 4 atom stereocenters. The molecule has 1 N–H and O–H groups in total. The number of carbonyl (C=O) groups excluding carboxylic acids is 4. The number of esters is 1. The number of nitrogens with one attached hydrogen (secondary N) is 1. The molecule has 2 aliphatic rings. The van der Waals surface area contributed by atoms with Gasteiger partial charge in [0.25, 0.3) is 0 Å². The van der Waals surface area contributed by atoms with Crippen LogP contribution in [0.1, 0.15) is 73.5 Å². The maximum absolute atomic E-state index is 14.3. The minimum Gasteiger partial charge on any atom is -0.460 e. The molecule has 0 saturated carbocycles. The van der Waals surface area contributed by atoms with Crippen LogP contribution in [0.15, 0.2) is 85.4 Å². The second-order valence-electron chi connectivity index (χ2n) is 12.9. The normalized spacial score (nSPS) is 19.9. The minimum absolute atomic E-state index is 0.0159. The highest BCUT2D eigenvalue weighted by Crippen LogP contribution is 2.46. The van der Waals surface area contributed by atoms with E-state index < -0.39 is 65.4 Å². The van der Waals surface area contributed by atoms with E-state index in [9.17, 15) is 32.3 Å². The van der Waals surface area contributed by atoms with Crippen LogP contribution in [0.4, 0.5) is 18.0 Å². The standard InChI is InChI=1S/C37H38F3N3O6/c1-5-24-13-9-10-17-27(24)31-32(43-29(22-48-35(43)47)25-14-7-6-8-15-25)34(46)42(31)28(18-19-30(44)49-36(2,3)4)33(45)41-21-23-12-11-16-26(20-23)37(38,39)40/h5-17,20,28-29,31-32H,1,18-19,21-22H2,2-4H3,(H,41,45)/t28?,29-,31-,32+/m1/s1. The van der Waals surface area contributed by atoms with Crippen LogP contribution in [-0.2, 0) is 36.6 Å². The van der Waals surface area contributed by atoms with E-state index in [1.54, 1.807) is 51.1 Å². The predicted molar refractivity (Wildman–Crippen MR) is 174 cm³/mol. The minimum atomic E-state index is -4.57. The van der Waals surface area contributed by atoms with Gasteiger partial charge in [0.2, 0.25) is 11.8 Å². The zero-order chi connectivity index (χ0) is 35.5. The molecular formula is C37H38F3N3O6. The van der Waals surface area contributed by atoms with Crippen LogP contribution in [0, 0.1) is 0 Å². The lowest BCUT2D eigenvalue weighted by Crippen LogP contribution is -2.70. The summed E-state index contributed by atoms with van der Waals surface area (Å²) < 4.78 is 51.0.